The van der Waals surface area contributed by atoms with Crippen LogP contribution in [-0.4, -0.2) is 24.7 Å². The number of hydrogen-bond acceptors (Lipinski definition) is 6. The summed E-state index contributed by atoms with van der Waals surface area (Å²) >= 11 is 1.64. The van der Waals surface area contributed by atoms with E-state index in [1.807, 2.05) is 25.1 Å². The van der Waals surface area contributed by atoms with E-state index in [1.54, 1.807) is 17.7 Å². The smallest absolute Gasteiger partial charge is 0.152 e. The van der Waals surface area contributed by atoms with Crippen molar-refractivity contribution in [3.63, 3.8) is 0 Å². The van der Waals surface area contributed by atoms with Gasteiger partial charge < -0.3 is 9.88 Å². The molecular weight excluding hydrogens is 344 g/mol. The van der Waals surface area contributed by atoms with Gasteiger partial charge in [0, 0.05) is 17.0 Å². The first kappa shape index (κ1) is 16.7. The minimum Gasteiger partial charge on any atom is -0.362 e. The fraction of sp³-hybridized carbons (Fsp3) is 0.263. The van der Waals surface area contributed by atoms with Gasteiger partial charge in [0.1, 0.15) is 22.8 Å². The van der Waals surface area contributed by atoms with E-state index in [9.17, 15) is 0 Å². The van der Waals surface area contributed by atoms with Gasteiger partial charge >= 0.3 is 0 Å². The fourth-order valence-electron chi connectivity index (χ4n) is 2.99. The lowest BCUT2D eigenvalue weighted by Gasteiger charge is -2.12. The van der Waals surface area contributed by atoms with Gasteiger partial charge in [-0.3, -0.25) is 0 Å². The number of benzene rings is 1. The van der Waals surface area contributed by atoms with Crippen LogP contribution in [-0.2, 0) is 6.54 Å². The maximum absolute atomic E-state index is 4.66. The second kappa shape index (κ2) is 6.84. The maximum atomic E-state index is 4.66. The third-order valence-corrected chi connectivity index (χ3v) is 5.12. The zero-order valence-electron chi connectivity index (χ0n) is 15.0. The van der Waals surface area contributed by atoms with Crippen LogP contribution in [0.1, 0.15) is 31.5 Å². The van der Waals surface area contributed by atoms with Gasteiger partial charge in [-0.2, -0.15) is 0 Å². The Morgan fingerprint density at radius 3 is 2.73 bits per heavy atom. The Kier molecular flexibility index (Phi) is 4.38. The highest BCUT2D eigenvalue weighted by Crippen LogP contribution is 2.36. The summed E-state index contributed by atoms with van der Waals surface area (Å²) in [6.45, 7) is 6.72. The molecule has 1 N–H and O–H groups in total. The molecule has 6 nitrogen and oxygen atoms in total. The molecule has 4 rings (SSSR count). The van der Waals surface area contributed by atoms with Crippen molar-refractivity contribution in [3.8, 4) is 11.1 Å². The van der Waals surface area contributed by atoms with Crippen molar-refractivity contribution in [1.29, 1.82) is 0 Å². The largest absolute Gasteiger partial charge is 0.362 e. The van der Waals surface area contributed by atoms with Crippen molar-refractivity contribution in [3.05, 3.63) is 53.7 Å². The number of aryl methyl sites for hydroxylation is 1. The van der Waals surface area contributed by atoms with Crippen LogP contribution in [0.25, 0.3) is 21.3 Å². The van der Waals surface area contributed by atoms with Crippen molar-refractivity contribution in [2.45, 2.75) is 33.4 Å². The van der Waals surface area contributed by atoms with E-state index in [1.165, 1.54) is 5.56 Å². The molecule has 3 heterocycles. The Labute approximate surface area is 156 Å². The van der Waals surface area contributed by atoms with E-state index in [2.05, 4.69) is 61.4 Å². The average Bonchev–Trinajstić information content (AvgIpc) is 3.27. The summed E-state index contributed by atoms with van der Waals surface area (Å²) in [5.74, 6) is 2.48. The molecule has 7 heteroatoms. The quantitative estimate of drug-likeness (QED) is 0.566. The number of nitrogens with zero attached hydrogens (tertiary/aromatic N) is 5. The normalized spacial score (nSPS) is 11.4. The lowest BCUT2D eigenvalue weighted by molar-refractivity contribution is 0.572. The highest BCUT2D eigenvalue weighted by Gasteiger charge is 2.15. The van der Waals surface area contributed by atoms with Gasteiger partial charge in [0.25, 0.3) is 0 Å². The van der Waals surface area contributed by atoms with Gasteiger partial charge in [-0.05, 0) is 26.3 Å². The topological polar surface area (TPSA) is 68.5 Å². The minimum absolute atomic E-state index is 0.315. The lowest BCUT2D eigenvalue weighted by Crippen LogP contribution is -2.11. The van der Waals surface area contributed by atoms with Gasteiger partial charge in [-0.1, -0.05) is 30.3 Å². The van der Waals surface area contributed by atoms with Crippen molar-refractivity contribution < 1.29 is 0 Å². The standard InChI is InChI=1S/C19H20N6S/c1-12(2)25-11-21-24-16(25)9-20-18-17-15(14-7-5-4-6-8-14)10-26-19(17)23-13(3)22-18/h4-8,10-12H,9H2,1-3H3,(H,20,22,23). The van der Waals surface area contributed by atoms with E-state index < -0.39 is 0 Å². The molecule has 0 aliphatic carbocycles. The number of rotatable bonds is 5. The van der Waals surface area contributed by atoms with E-state index in [0.717, 1.165) is 33.2 Å². The molecule has 1 aromatic carbocycles. The number of nitrogens with one attached hydrogen (secondary N) is 1. The van der Waals surface area contributed by atoms with Gasteiger partial charge in [-0.15, -0.1) is 21.5 Å². The van der Waals surface area contributed by atoms with Crippen LogP contribution in [0.5, 0.6) is 0 Å². The molecule has 0 aliphatic heterocycles. The molecule has 0 radical (unpaired) electrons. The molecule has 4 aromatic rings. The number of fused-ring (bicyclic) bond motifs is 1. The van der Waals surface area contributed by atoms with Gasteiger partial charge in [0.05, 0.1) is 11.9 Å². The molecule has 0 saturated carbocycles. The Hall–Kier alpha value is -2.80. The summed E-state index contributed by atoms with van der Waals surface area (Å²) in [6.07, 6.45) is 1.77. The van der Waals surface area contributed by atoms with Crippen molar-refractivity contribution in [1.82, 2.24) is 24.7 Å². The summed E-state index contributed by atoms with van der Waals surface area (Å²) in [7, 11) is 0. The van der Waals surface area contributed by atoms with Crippen LogP contribution in [0.2, 0.25) is 0 Å². The van der Waals surface area contributed by atoms with E-state index in [-0.39, 0.29) is 0 Å². The third-order valence-electron chi connectivity index (χ3n) is 4.25. The Bertz CT molecular complexity index is 1030. The molecular formula is C19H20N6S. The average molecular weight is 364 g/mol. The highest BCUT2D eigenvalue weighted by molar-refractivity contribution is 7.17. The molecule has 0 fully saturated rings. The third kappa shape index (κ3) is 3.06. The molecule has 0 spiro atoms. The SMILES string of the molecule is Cc1nc(NCc2nncn2C(C)C)c2c(-c3ccccc3)csc2n1. The van der Waals surface area contributed by atoms with Gasteiger partial charge in [-0.25, -0.2) is 9.97 Å². The van der Waals surface area contributed by atoms with Crippen molar-refractivity contribution in [2.75, 3.05) is 5.32 Å². The van der Waals surface area contributed by atoms with Crippen molar-refractivity contribution in [2.24, 2.45) is 0 Å². The van der Waals surface area contributed by atoms with Crippen LogP contribution in [0.4, 0.5) is 5.82 Å². The van der Waals surface area contributed by atoms with Crippen LogP contribution >= 0.6 is 11.3 Å². The Morgan fingerprint density at radius 1 is 1.15 bits per heavy atom. The van der Waals surface area contributed by atoms with Crippen LogP contribution in [0.3, 0.4) is 0 Å². The van der Waals surface area contributed by atoms with Gasteiger partial charge in [0.15, 0.2) is 5.82 Å². The van der Waals surface area contributed by atoms with Crippen LogP contribution < -0.4 is 5.32 Å². The van der Waals surface area contributed by atoms with Crippen LogP contribution in [0, 0.1) is 6.92 Å². The van der Waals surface area contributed by atoms with Crippen LogP contribution in [0.15, 0.2) is 42.0 Å². The summed E-state index contributed by atoms with van der Waals surface area (Å²) in [6, 6.07) is 10.7. The molecule has 26 heavy (non-hydrogen) atoms. The molecule has 0 atom stereocenters. The maximum Gasteiger partial charge on any atom is 0.152 e. The highest BCUT2D eigenvalue weighted by atomic mass is 32.1. The molecule has 0 saturated heterocycles. The minimum atomic E-state index is 0.315. The Balaban J connectivity index is 1.74. The molecule has 0 amide bonds. The lowest BCUT2D eigenvalue weighted by atomic mass is 10.1. The number of hydrogen-bond donors (Lipinski definition) is 1. The zero-order valence-corrected chi connectivity index (χ0v) is 15.8. The molecule has 0 unspecified atom stereocenters. The predicted octanol–water partition coefficient (Wildman–Crippen LogP) is 4.45. The second-order valence-corrected chi connectivity index (χ2v) is 7.27. The summed E-state index contributed by atoms with van der Waals surface area (Å²) in [4.78, 5) is 10.3. The zero-order chi connectivity index (χ0) is 18.1. The molecule has 0 aliphatic rings. The molecule has 3 aromatic heterocycles. The first-order valence-electron chi connectivity index (χ1n) is 8.57. The van der Waals surface area contributed by atoms with E-state index in [0.29, 0.717) is 12.6 Å². The van der Waals surface area contributed by atoms with E-state index >= 15 is 0 Å². The van der Waals surface area contributed by atoms with Gasteiger partial charge in [0.2, 0.25) is 0 Å². The molecule has 0 bridgehead atoms. The predicted molar refractivity (Wildman–Crippen MR) is 105 cm³/mol. The monoisotopic (exact) mass is 364 g/mol. The number of aromatic nitrogens is 5. The van der Waals surface area contributed by atoms with E-state index in [4.69, 9.17) is 0 Å². The summed E-state index contributed by atoms with van der Waals surface area (Å²) in [5, 5.41) is 14.9. The first-order valence-corrected chi connectivity index (χ1v) is 9.45. The Morgan fingerprint density at radius 2 is 1.96 bits per heavy atom. The number of thiophene rings is 1. The van der Waals surface area contributed by atoms with Crippen molar-refractivity contribution >= 4 is 27.4 Å². The molecule has 132 valence electrons. The summed E-state index contributed by atoms with van der Waals surface area (Å²) < 4.78 is 2.06. The summed E-state index contributed by atoms with van der Waals surface area (Å²) in [5.41, 5.74) is 2.32. The first-order chi connectivity index (χ1) is 12.6. The second-order valence-electron chi connectivity index (χ2n) is 6.42. The number of anilines is 1. The fourth-order valence-corrected chi connectivity index (χ4v) is 3.99.